The van der Waals surface area contributed by atoms with Gasteiger partial charge in [-0.25, -0.2) is 4.68 Å². The molecule has 2 saturated carbocycles. The van der Waals surface area contributed by atoms with Gasteiger partial charge < -0.3 is 0 Å². The molecule has 1 spiro atoms. The van der Waals surface area contributed by atoms with E-state index in [1.807, 2.05) is 4.90 Å². The zero-order chi connectivity index (χ0) is 16.9. The van der Waals surface area contributed by atoms with Crippen molar-refractivity contribution < 1.29 is 4.79 Å². The van der Waals surface area contributed by atoms with Gasteiger partial charge in [0.05, 0.1) is 5.54 Å². The maximum Gasteiger partial charge on any atom is 0.231 e. The minimum atomic E-state index is 0.102. The molecule has 0 radical (unpaired) electrons. The highest BCUT2D eigenvalue weighted by Gasteiger charge is 2.54. The Morgan fingerprint density at radius 1 is 1.12 bits per heavy atom. The summed E-state index contributed by atoms with van der Waals surface area (Å²) in [5.41, 5.74) is 0.102. The van der Waals surface area contributed by atoms with Gasteiger partial charge in [-0.1, -0.05) is 46.0 Å². The van der Waals surface area contributed by atoms with Gasteiger partial charge in [-0.05, 0) is 25.7 Å². The van der Waals surface area contributed by atoms with E-state index in [1.54, 1.807) is 6.92 Å². The Labute approximate surface area is 144 Å². The summed E-state index contributed by atoms with van der Waals surface area (Å²) in [7, 11) is 0. The Bertz CT molecular complexity index is 629. The van der Waals surface area contributed by atoms with Crippen LogP contribution in [-0.2, 0) is 10.3 Å². The van der Waals surface area contributed by atoms with Gasteiger partial charge >= 0.3 is 0 Å². The largest absolute Gasteiger partial charge is 0.278 e. The molecule has 132 valence electrons. The summed E-state index contributed by atoms with van der Waals surface area (Å²) in [5, 5.41) is 4.96. The molecule has 0 saturated heterocycles. The third-order valence-corrected chi connectivity index (χ3v) is 6.57. The molecule has 2 atom stereocenters. The number of hydrogen-bond donors (Lipinski definition) is 0. The minimum Gasteiger partial charge on any atom is -0.278 e. The standard InChI is InChI=1S/C19H30N4O/c1-13(2)17-20-18-22(14(3)24)16-10-6-5-9-15(16)19(23(18)21-17)11-7-4-8-12-19/h13,15-16H,4-12H2,1-3H3. The molecule has 1 aliphatic heterocycles. The molecular formula is C19H30N4O. The molecule has 1 amide bonds. The molecule has 1 aromatic heterocycles. The van der Waals surface area contributed by atoms with E-state index in [0.29, 0.717) is 17.9 Å². The van der Waals surface area contributed by atoms with Crippen molar-refractivity contribution in [2.24, 2.45) is 5.92 Å². The second-order valence-electron chi connectivity index (χ2n) is 8.35. The molecule has 0 bridgehead atoms. The average Bonchev–Trinajstić information content (AvgIpc) is 3.02. The van der Waals surface area contributed by atoms with Crippen LogP contribution in [0.2, 0.25) is 0 Å². The number of fused-ring (bicyclic) bond motifs is 4. The van der Waals surface area contributed by atoms with Crippen LogP contribution >= 0.6 is 0 Å². The van der Waals surface area contributed by atoms with Crippen LogP contribution in [0.25, 0.3) is 0 Å². The van der Waals surface area contributed by atoms with E-state index in [2.05, 4.69) is 18.5 Å². The average molecular weight is 330 g/mol. The van der Waals surface area contributed by atoms with Gasteiger partial charge in [0.2, 0.25) is 11.9 Å². The number of hydrogen-bond acceptors (Lipinski definition) is 3. The van der Waals surface area contributed by atoms with E-state index in [-0.39, 0.29) is 11.4 Å². The van der Waals surface area contributed by atoms with E-state index in [1.165, 1.54) is 51.4 Å². The van der Waals surface area contributed by atoms with E-state index in [4.69, 9.17) is 10.1 Å². The van der Waals surface area contributed by atoms with Crippen molar-refractivity contribution in [3.8, 4) is 0 Å². The number of nitrogens with zero attached hydrogens (tertiary/aromatic N) is 4. The van der Waals surface area contributed by atoms with Crippen molar-refractivity contribution >= 4 is 11.9 Å². The van der Waals surface area contributed by atoms with E-state index >= 15 is 0 Å². The molecule has 5 heteroatoms. The zero-order valence-electron chi connectivity index (χ0n) is 15.3. The van der Waals surface area contributed by atoms with Crippen molar-refractivity contribution in [2.75, 3.05) is 4.90 Å². The van der Waals surface area contributed by atoms with Crippen LogP contribution in [0.5, 0.6) is 0 Å². The van der Waals surface area contributed by atoms with Gasteiger partial charge in [0, 0.05) is 24.8 Å². The minimum absolute atomic E-state index is 0.102. The molecule has 3 aliphatic rings. The summed E-state index contributed by atoms with van der Waals surface area (Å²) in [5.74, 6) is 2.68. The predicted octanol–water partition coefficient (Wildman–Crippen LogP) is 3.99. The fourth-order valence-electron chi connectivity index (χ4n) is 5.49. The fourth-order valence-corrected chi connectivity index (χ4v) is 5.49. The Morgan fingerprint density at radius 3 is 2.50 bits per heavy atom. The Morgan fingerprint density at radius 2 is 1.83 bits per heavy atom. The summed E-state index contributed by atoms with van der Waals surface area (Å²) in [6, 6.07) is 0.325. The molecule has 1 aromatic rings. The van der Waals surface area contributed by atoms with Crippen molar-refractivity contribution in [3.63, 3.8) is 0 Å². The summed E-state index contributed by atoms with van der Waals surface area (Å²) in [4.78, 5) is 19.4. The quantitative estimate of drug-likeness (QED) is 0.782. The molecule has 24 heavy (non-hydrogen) atoms. The lowest BCUT2D eigenvalue weighted by molar-refractivity contribution is -0.118. The van der Waals surface area contributed by atoms with Gasteiger partial charge in [-0.3, -0.25) is 9.69 Å². The Balaban J connectivity index is 1.90. The summed E-state index contributed by atoms with van der Waals surface area (Å²) in [6.45, 7) is 5.97. The molecule has 4 rings (SSSR count). The smallest absolute Gasteiger partial charge is 0.231 e. The lowest BCUT2D eigenvalue weighted by Crippen LogP contribution is -2.61. The van der Waals surface area contributed by atoms with Crippen LogP contribution < -0.4 is 4.90 Å². The monoisotopic (exact) mass is 330 g/mol. The first-order valence-electron chi connectivity index (χ1n) is 9.82. The number of carbonyl (C=O) groups excluding carboxylic acids is 1. The SMILES string of the molecule is CC(=O)N1c2nc(C(C)C)nn2C2(CCCCC2)C2CCCCC21. The third-order valence-electron chi connectivity index (χ3n) is 6.57. The highest BCUT2D eigenvalue weighted by molar-refractivity contribution is 5.90. The van der Waals surface area contributed by atoms with Crippen LogP contribution in [0.3, 0.4) is 0 Å². The first-order valence-corrected chi connectivity index (χ1v) is 9.82. The van der Waals surface area contributed by atoms with Crippen LogP contribution in [0.15, 0.2) is 0 Å². The number of aromatic nitrogens is 3. The van der Waals surface area contributed by atoms with Crippen LogP contribution in [0.1, 0.15) is 90.3 Å². The number of amides is 1. The molecule has 2 fully saturated rings. The number of anilines is 1. The topological polar surface area (TPSA) is 51.0 Å². The Hall–Kier alpha value is -1.39. The van der Waals surface area contributed by atoms with E-state index < -0.39 is 0 Å². The van der Waals surface area contributed by atoms with Crippen LogP contribution in [-0.4, -0.2) is 26.7 Å². The summed E-state index contributed by atoms with van der Waals surface area (Å²) < 4.78 is 2.20. The molecule has 0 N–H and O–H groups in total. The molecule has 2 unspecified atom stereocenters. The lowest BCUT2D eigenvalue weighted by atomic mass is 9.64. The first kappa shape index (κ1) is 16.1. The molecule has 0 aromatic carbocycles. The second-order valence-corrected chi connectivity index (χ2v) is 8.35. The highest BCUT2D eigenvalue weighted by atomic mass is 16.2. The van der Waals surface area contributed by atoms with Crippen LogP contribution in [0.4, 0.5) is 5.95 Å². The van der Waals surface area contributed by atoms with Crippen molar-refractivity contribution in [2.45, 2.75) is 96.1 Å². The van der Waals surface area contributed by atoms with Gasteiger partial charge in [-0.2, -0.15) is 10.1 Å². The van der Waals surface area contributed by atoms with Gasteiger partial charge in [0.15, 0.2) is 5.82 Å². The summed E-state index contributed by atoms with van der Waals surface area (Å²) >= 11 is 0. The van der Waals surface area contributed by atoms with Crippen LogP contribution in [0, 0.1) is 5.92 Å². The normalized spacial score (nSPS) is 28.8. The van der Waals surface area contributed by atoms with Gasteiger partial charge in [0.25, 0.3) is 0 Å². The molecule has 2 heterocycles. The lowest BCUT2D eigenvalue weighted by Gasteiger charge is -2.55. The van der Waals surface area contributed by atoms with Crippen molar-refractivity contribution in [1.82, 2.24) is 14.8 Å². The van der Waals surface area contributed by atoms with E-state index in [0.717, 1.165) is 18.2 Å². The fraction of sp³-hybridized carbons (Fsp3) is 0.842. The second kappa shape index (κ2) is 5.85. The van der Waals surface area contributed by atoms with Crippen molar-refractivity contribution in [3.05, 3.63) is 5.82 Å². The van der Waals surface area contributed by atoms with Crippen molar-refractivity contribution in [1.29, 1.82) is 0 Å². The third kappa shape index (κ3) is 2.23. The number of rotatable bonds is 1. The highest BCUT2D eigenvalue weighted by Crippen LogP contribution is 2.52. The summed E-state index contributed by atoms with van der Waals surface area (Å²) in [6.07, 6.45) is 11.2. The maximum atomic E-state index is 12.5. The van der Waals surface area contributed by atoms with E-state index in [9.17, 15) is 4.79 Å². The number of carbonyl (C=O) groups is 1. The van der Waals surface area contributed by atoms with Gasteiger partial charge in [-0.15, -0.1) is 0 Å². The zero-order valence-corrected chi connectivity index (χ0v) is 15.3. The molecule has 5 nitrogen and oxygen atoms in total. The first-order chi connectivity index (χ1) is 11.5. The van der Waals surface area contributed by atoms with Gasteiger partial charge in [0.1, 0.15) is 0 Å². The predicted molar refractivity (Wildman–Crippen MR) is 94.1 cm³/mol. The molecular weight excluding hydrogens is 300 g/mol. The molecule has 2 aliphatic carbocycles. The maximum absolute atomic E-state index is 12.5. The Kier molecular flexibility index (Phi) is 3.92.